The Morgan fingerprint density at radius 3 is 1.82 bits per heavy atom. The Kier molecular flexibility index (Phi) is 22.7. The Bertz CT molecular complexity index is 2170. The third-order valence-electron chi connectivity index (χ3n) is 11.3. The van der Waals surface area contributed by atoms with Crippen molar-refractivity contribution in [1.29, 1.82) is 0 Å². The molecule has 0 fully saturated rings. The van der Waals surface area contributed by atoms with Crippen LogP contribution in [0.1, 0.15) is 118 Å². The number of fused-ring (bicyclic) bond motifs is 1. The minimum atomic E-state index is -1.28. The first-order chi connectivity index (χ1) is 32.2. The molecule has 0 spiro atoms. The highest BCUT2D eigenvalue weighted by Crippen LogP contribution is 2.20. The lowest BCUT2D eigenvalue weighted by Crippen LogP contribution is -2.60. The molecule has 0 saturated carbocycles. The van der Waals surface area contributed by atoms with Gasteiger partial charge < -0.3 is 58.7 Å². The van der Waals surface area contributed by atoms with Gasteiger partial charge in [-0.3, -0.25) is 43.2 Å². The molecular weight excluding hydrogens is 877 g/mol. The van der Waals surface area contributed by atoms with E-state index in [0.717, 1.165) is 36.6 Å². The number of benzene rings is 1. The molecule has 2 heterocycles. The zero-order valence-corrected chi connectivity index (χ0v) is 40.3. The number of carbonyl (C=O) groups excluding carboxylic acids is 9. The number of unbranched alkanes of at least 4 members (excludes halogenated alkanes) is 4. The summed E-state index contributed by atoms with van der Waals surface area (Å²) in [6, 6.07) is -0.991. The van der Waals surface area contributed by atoms with Crippen LogP contribution in [0.15, 0.2) is 43.0 Å². The van der Waals surface area contributed by atoms with Gasteiger partial charge in [-0.25, -0.2) is 4.98 Å². The number of imidazole rings is 1. The van der Waals surface area contributed by atoms with Crippen LogP contribution in [0.5, 0.6) is 0 Å². The summed E-state index contributed by atoms with van der Waals surface area (Å²) in [5.41, 5.74) is 12.8. The van der Waals surface area contributed by atoms with E-state index in [-0.39, 0.29) is 50.4 Å². The normalized spacial score (nSPS) is 14.4. The van der Waals surface area contributed by atoms with Crippen molar-refractivity contribution in [1.82, 2.24) is 52.2 Å². The van der Waals surface area contributed by atoms with Crippen LogP contribution in [-0.2, 0) is 56.0 Å². The standard InChI is InChI=1S/C47H72N12O9/c1-8-9-10-11-12-17-39(61)55-34(18-19-38(48)60)44(65)58-36(21-30-23-51-33-16-14-13-15-32(30)33)45(66)53-29(7)43(64)59-40(27(4)5)47(68)54-28(6)42(63)57-37(22-31-24-50-25-52-31)46(67)56-35(41(49)62)20-26(2)3/h13-16,23-29,34-37,40,51H,8-12,17-22H2,1-7H3,(H2,48,60)(H2,49,62)(H,50,52)(H,53,66)(H,54,68)(H,55,61)(H,56,67)(H,57,63)(H,58,65)(H,59,64)/t28-,29-,34-,35-,36-,37-,40-/m0/s1. The molecule has 0 radical (unpaired) electrons. The van der Waals surface area contributed by atoms with E-state index in [9.17, 15) is 43.2 Å². The number of nitrogens with one attached hydrogen (secondary N) is 9. The summed E-state index contributed by atoms with van der Waals surface area (Å²) in [5, 5.41) is 19.3. The number of amides is 9. The van der Waals surface area contributed by atoms with E-state index in [1.54, 1.807) is 26.2 Å². The third kappa shape index (κ3) is 18.5. The van der Waals surface area contributed by atoms with Crippen LogP contribution in [-0.4, -0.2) is 110 Å². The van der Waals surface area contributed by atoms with Crippen LogP contribution in [0.2, 0.25) is 0 Å². The Morgan fingerprint density at radius 1 is 0.618 bits per heavy atom. The summed E-state index contributed by atoms with van der Waals surface area (Å²) in [7, 11) is 0. The quantitative estimate of drug-likeness (QED) is 0.0420. The Labute approximate surface area is 397 Å². The monoisotopic (exact) mass is 949 g/mol. The van der Waals surface area contributed by atoms with Gasteiger partial charge in [0.05, 0.1) is 12.0 Å². The number of para-hydroxylation sites is 1. The summed E-state index contributed by atoms with van der Waals surface area (Å²) >= 11 is 0. The predicted octanol–water partition coefficient (Wildman–Crippen LogP) is 0.923. The minimum Gasteiger partial charge on any atom is -0.370 e. The van der Waals surface area contributed by atoms with E-state index >= 15 is 0 Å². The average Bonchev–Trinajstić information content (AvgIpc) is 3.95. The summed E-state index contributed by atoms with van der Waals surface area (Å²) in [4.78, 5) is 129. The van der Waals surface area contributed by atoms with Crippen LogP contribution in [0, 0.1) is 11.8 Å². The SMILES string of the molecule is CCCCCCCC(=O)N[C@@H](CCC(N)=O)C(=O)N[C@@H](Cc1c[nH]c2ccccc12)C(=O)N[C@@H](C)C(=O)N[C@H](C(=O)N[C@@H](C)C(=O)N[C@@H](Cc1c[nH]cn1)C(=O)N[C@@H](CC(C)C)C(N)=O)C(C)C. The lowest BCUT2D eigenvalue weighted by Gasteiger charge is -2.27. The molecule has 0 bridgehead atoms. The number of rotatable bonds is 30. The maximum atomic E-state index is 14.1. The second-order valence-corrected chi connectivity index (χ2v) is 18.0. The van der Waals surface area contributed by atoms with Gasteiger partial charge in [-0.2, -0.15) is 0 Å². The molecule has 21 heteroatoms. The highest BCUT2D eigenvalue weighted by Gasteiger charge is 2.34. The molecule has 21 nitrogen and oxygen atoms in total. The number of nitrogens with two attached hydrogens (primary N) is 2. The first-order valence-electron chi connectivity index (χ1n) is 23.4. The molecule has 0 aliphatic carbocycles. The van der Waals surface area contributed by atoms with Gasteiger partial charge in [0.2, 0.25) is 53.2 Å². The van der Waals surface area contributed by atoms with Gasteiger partial charge in [-0.15, -0.1) is 0 Å². The second kappa shape index (κ2) is 27.7. The molecule has 1 aromatic carbocycles. The molecular formula is C47H72N12O9. The fraction of sp³-hybridized carbons (Fsp3) is 0.574. The maximum Gasteiger partial charge on any atom is 0.243 e. The number of hydrogen-bond acceptors (Lipinski definition) is 10. The highest BCUT2D eigenvalue weighted by atomic mass is 16.2. The molecule has 0 unspecified atom stereocenters. The second-order valence-electron chi connectivity index (χ2n) is 18.0. The van der Waals surface area contributed by atoms with Crippen LogP contribution >= 0.6 is 0 Å². The van der Waals surface area contributed by atoms with Crippen LogP contribution in [0.25, 0.3) is 10.9 Å². The highest BCUT2D eigenvalue weighted by molar-refractivity contribution is 5.98. The van der Waals surface area contributed by atoms with Crippen molar-refractivity contribution >= 4 is 64.1 Å². The molecule has 13 N–H and O–H groups in total. The third-order valence-corrected chi connectivity index (χ3v) is 11.3. The first-order valence-corrected chi connectivity index (χ1v) is 23.4. The average molecular weight is 949 g/mol. The number of H-pyrrole nitrogens is 2. The summed E-state index contributed by atoms with van der Waals surface area (Å²) < 4.78 is 0. The van der Waals surface area contributed by atoms with Crippen molar-refractivity contribution in [2.75, 3.05) is 0 Å². The van der Waals surface area contributed by atoms with Gasteiger partial charge in [-0.05, 0) is 56.6 Å². The summed E-state index contributed by atoms with van der Waals surface area (Å²) in [5.74, 6) is -6.70. The zero-order valence-electron chi connectivity index (χ0n) is 40.3. The molecule has 0 aliphatic rings. The fourth-order valence-corrected chi connectivity index (χ4v) is 7.38. The Morgan fingerprint density at radius 2 is 1.21 bits per heavy atom. The fourth-order valence-electron chi connectivity index (χ4n) is 7.38. The molecule has 374 valence electrons. The lowest BCUT2D eigenvalue weighted by atomic mass is 10.0. The maximum absolute atomic E-state index is 14.1. The van der Waals surface area contributed by atoms with Gasteiger partial charge in [0.1, 0.15) is 42.3 Å². The predicted molar refractivity (Wildman–Crippen MR) is 254 cm³/mol. The van der Waals surface area contributed by atoms with Gasteiger partial charge in [0.25, 0.3) is 0 Å². The largest absolute Gasteiger partial charge is 0.370 e. The number of nitrogens with zero attached hydrogens (tertiary/aromatic N) is 1. The number of primary amides is 2. The Hall–Kier alpha value is -6.80. The lowest BCUT2D eigenvalue weighted by molar-refractivity contribution is -0.136. The minimum absolute atomic E-state index is 0.0207. The molecule has 68 heavy (non-hydrogen) atoms. The van der Waals surface area contributed by atoms with E-state index in [1.165, 1.54) is 20.2 Å². The van der Waals surface area contributed by atoms with Crippen LogP contribution in [0.4, 0.5) is 0 Å². The number of hydrogen-bond donors (Lipinski definition) is 11. The van der Waals surface area contributed by atoms with Crippen molar-refractivity contribution in [2.45, 2.75) is 161 Å². The van der Waals surface area contributed by atoms with Crippen molar-refractivity contribution < 1.29 is 43.2 Å². The molecule has 0 aliphatic heterocycles. The molecule has 9 amide bonds. The van der Waals surface area contributed by atoms with E-state index in [4.69, 9.17) is 11.5 Å². The molecule has 2 aromatic heterocycles. The van der Waals surface area contributed by atoms with Crippen molar-refractivity contribution in [3.63, 3.8) is 0 Å². The van der Waals surface area contributed by atoms with E-state index in [1.807, 2.05) is 38.1 Å². The smallest absolute Gasteiger partial charge is 0.243 e. The van der Waals surface area contributed by atoms with Crippen LogP contribution in [0.3, 0.4) is 0 Å². The van der Waals surface area contributed by atoms with E-state index in [2.05, 4.69) is 59.1 Å². The Balaban J connectivity index is 1.74. The van der Waals surface area contributed by atoms with Crippen molar-refractivity contribution in [3.8, 4) is 0 Å². The van der Waals surface area contributed by atoms with E-state index in [0.29, 0.717) is 17.7 Å². The van der Waals surface area contributed by atoms with Gasteiger partial charge >= 0.3 is 0 Å². The van der Waals surface area contributed by atoms with Gasteiger partial charge in [0, 0.05) is 49.0 Å². The number of aromatic nitrogens is 3. The molecule has 0 saturated heterocycles. The molecule has 3 rings (SSSR count). The van der Waals surface area contributed by atoms with Crippen molar-refractivity contribution in [3.05, 3.63) is 54.2 Å². The summed E-state index contributed by atoms with van der Waals surface area (Å²) in [6.07, 6.45) is 9.18. The topological polar surface area (TPSA) is 334 Å². The number of aromatic amines is 2. The van der Waals surface area contributed by atoms with E-state index < -0.39 is 95.5 Å². The molecule has 3 aromatic rings. The van der Waals surface area contributed by atoms with Gasteiger partial charge in [0.15, 0.2) is 0 Å². The zero-order chi connectivity index (χ0) is 50.5. The van der Waals surface area contributed by atoms with Crippen LogP contribution < -0.4 is 48.7 Å². The molecule has 7 atom stereocenters. The summed E-state index contributed by atoms with van der Waals surface area (Å²) in [6.45, 7) is 11.9. The first kappa shape index (κ1) is 55.5. The van der Waals surface area contributed by atoms with Crippen molar-refractivity contribution in [2.24, 2.45) is 23.3 Å². The van der Waals surface area contributed by atoms with Gasteiger partial charge in [-0.1, -0.05) is 78.5 Å². The number of carbonyl (C=O) groups is 9.